The zero-order valence-electron chi connectivity index (χ0n) is 16.9. The maximum Gasteiger partial charge on any atom is 0.293 e. The van der Waals surface area contributed by atoms with E-state index in [9.17, 15) is 4.79 Å². The second-order valence-corrected chi connectivity index (χ2v) is 7.09. The number of hydrogen-bond donors (Lipinski definition) is 2. The van der Waals surface area contributed by atoms with Crippen LogP contribution in [-0.4, -0.2) is 51.4 Å². The lowest BCUT2D eigenvalue weighted by Crippen LogP contribution is -2.19. The Balaban J connectivity index is 1.61. The second kappa shape index (κ2) is 8.24. The third-order valence-corrected chi connectivity index (χ3v) is 4.94. The molecule has 0 saturated heterocycles. The maximum atomic E-state index is 10.2. The molecule has 9 nitrogen and oxygen atoms in total. The lowest BCUT2D eigenvalue weighted by atomic mass is 10.1. The Morgan fingerprint density at radius 1 is 1.27 bits per heavy atom. The maximum absolute atomic E-state index is 10.2. The average molecular weight is 405 g/mol. The third-order valence-electron chi connectivity index (χ3n) is 4.94. The normalized spacial score (nSPS) is 11.0. The Hall–Kier alpha value is -3.88. The fraction of sp³-hybridized carbons (Fsp3) is 0.238. The van der Waals surface area contributed by atoms with Gasteiger partial charge in [-0.3, -0.25) is 9.48 Å². The molecule has 3 heterocycles. The molecule has 0 unspecified atom stereocenters. The number of aromatic nitrogens is 5. The Bertz CT molecular complexity index is 1180. The molecule has 0 atom stereocenters. The number of aryl methyl sites for hydroxylation is 1. The number of imidazole rings is 1. The quantitative estimate of drug-likeness (QED) is 0.342. The highest BCUT2D eigenvalue weighted by Gasteiger charge is 2.13. The number of anilines is 2. The summed E-state index contributed by atoms with van der Waals surface area (Å²) in [6.45, 7) is 1.65. The minimum absolute atomic E-state index is 0.407. The molecule has 0 amide bonds. The molecule has 0 radical (unpaired) electrons. The van der Waals surface area contributed by atoms with Crippen molar-refractivity contribution in [2.75, 3.05) is 30.8 Å². The van der Waals surface area contributed by atoms with Crippen LogP contribution in [0.5, 0.6) is 0 Å². The second-order valence-electron chi connectivity index (χ2n) is 7.09. The first-order chi connectivity index (χ1) is 14.5. The van der Waals surface area contributed by atoms with Crippen LogP contribution >= 0.6 is 0 Å². The zero-order chi connectivity index (χ0) is 21.1. The van der Waals surface area contributed by atoms with Crippen LogP contribution in [0.1, 0.15) is 6.42 Å². The molecule has 4 aromatic rings. The molecule has 4 rings (SSSR count). The summed E-state index contributed by atoms with van der Waals surface area (Å²) < 4.78 is 6.50. The number of hydrogen-bond acceptors (Lipinski definition) is 7. The SMILES string of the molecule is CN(CCCOC=O)c1ccc2nc(-c3cc(-c4cnn(C)c4)cnc3N)[nH]c2c1. The smallest absolute Gasteiger partial charge is 0.293 e. The molecule has 1 aromatic carbocycles. The summed E-state index contributed by atoms with van der Waals surface area (Å²) in [5.74, 6) is 1.08. The van der Waals surface area contributed by atoms with E-state index >= 15 is 0 Å². The Kier molecular flexibility index (Phi) is 5.34. The minimum Gasteiger partial charge on any atom is -0.468 e. The summed E-state index contributed by atoms with van der Waals surface area (Å²) in [7, 11) is 3.87. The number of ether oxygens (including phenoxy) is 1. The molecule has 30 heavy (non-hydrogen) atoms. The van der Waals surface area contributed by atoms with E-state index in [1.54, 1.807) is 17.1 Å². The van der Waals surface area contributed by atoms with Gasteiger partial charge in [0.15, 0.2) is 0 Å². The van der Waals surface area contributed by atoms with Crippen molar-refractivity contribution >= 4 is 29.0 Å². The Morgan fingerprint density at radius 2 is 2.13 bits per heavy atom. The number of benzene rings is 1. The number of aromatic amines is 1. The van der Waals surface area contributed by atoms with Crippen LogP contribution in [0.2, 0.25) is 0 Å². The van der Waals surface area contributed by atoms with Gasteiger partial charge in [0, 0.05) is 49.8 Å². The Labute approximate surface area is 173 Å². The summed E-state index contributed by atoms with van der Waals surface area (Å²) in [6, 6.07) is 8.00. The van der Waals surface area contributed by atoms with Crippen molar-refractivity contribution < 1.29 is 9.53 Å². The number of carbonyl (C=O) groups is 1. The van der Waals surface area contributed by atoms with Crippen molar-refractivity contribution in [1.82, 2.24) is 24.7 Å². The van der Waals surface area contributed by atoms with Crippen LogP contribution in [0.25, 0.3) is 33.5 Å². The Morgan fingerprint density at radius 3 is 2.90 bits per heavy atom. The van der Waals surface area contributed by atoms with Crippen LogP contribution < -0.4 is 10.6 Å². The van der Waals surface area contributed by atoms with E-state index in [4.69, 9.17) is 15.5 Å². The van der Waals surface area contributed by atoms with Crippen molar-refractivity contribution in [3.05, 3.63) is 42.9 Å². The lowest BCUT2D eigenvalue weighted by Gasteiger charge is -2.18. The molecule has 154 valence electrons. The predicted molar refractivity (Wildman–Crippen MR) is 116 cm³/mol. The first kappa shape index (κ1) is 19.4. The largest absolute Gasteiger partial charge is 0.468 e. The van der Waals surface area contributed by atoms with Crippen LogP contribution in [0, 0.1) is 0 Å². The van der Waals surface area contributed by atoms with Gasteiger partial charge in [0.05, 0.1) is 29.4 Å². The highest BCUT2D eigenvalue weighted by molar-refractivity contribution is 5.85. The zero-order valence-corrected chi connectivity index (χ0v) is 16.9. The highest BCUT2D eigenvalue weighted by Crippen LogP contribution is 2.30. The summed E-state index contributed by atoms with van der Waals surface area (Å²) in [5, 5.41) is 4.21. The van der Waals surface area contributed by atoms with Crippen molar-refractivity contribution in [3.8, 4) is 22.5 Å². The number of nitrogens with zero attached hydrogens (tertiary/aromatic N) is 5. The monoisotopic (exact) mass is 405 g/mol. The van der Waals surface area contributed by atoms with Gasteiger partial charge >= 0.3 is 0 Å². The van der Waals surface area contributed by atoms with E-state index in [2.05, 4.69) is 20.0 Å². The third kappa shape index (κ3) is 3.95. The molecule has 3 N–H and O–H groups in total. The number of fused-ring (bicyclic) bond motifs is 1. The van der Waals surface area contributed by atoms with Gasteiger partial charge in [-0.25, -0.2) is 9.97 Å². The average Bonchev–Trinajstić information content (AvgIpc) is 3.37. The first-order valence-corrected chi connectivity index (χ1v) is 9.56. The molecule has 0 fully saturated rings. The number of nitrogen functional groups attached to an aromatic ring is 1. The van der Waals surface area contributed by atoms with Crippen molar-refractivity contribution in [1.29, 1.82) is 0 Å². The first-order valence-electron chi connectivity index (χ1n) is 9.56. The minimum atomic E-state index is 0.407. The molecule has 9 heteroatoms. The van der Waals surface area contributed by atoms with E-state index in [0.717, 1.165) is 46.4 Å². The number of pyridine rings is 1. The topological polar surface area (TPSA) is 115 Å². The summed E-state index contributed by atoms with van der Waals surface area (Å²) in [6.07, 6.45) is 6.21. The number of rotatable bonds is 8. The van der Waals surface area contributed by atoms with Gasteiger partial charge in [0.25, 0.3) is 6.47 Å². The van der Waals surface area contributed by atoms with Crippen LogP contribution in [0.4, 0.5) is 11.5 Å². The molecule has 3 aromatic heterocycles. The molecule has 0 aliphatic heterocycles. The lowest BCUT2D eigenvalue weighted by molar-refractivity contribution is -0.128. The van der Waals surface area contributed by atoms with E-state index in [-0.39, 0.29) is 0 Å². The highest BCUT2D eigenvalue weighted by atomic mass is 16.5. The summed E-state index contributed by atoms with van der Waals surface area (Å²) >= 11 is 0. The van der Waals surface area contributed by atoms with Crippen molar-refractivity contribution in [3.63, 3.8) is 0 Å². The molecule has 0 spiro atoms. The van der Waals surface area contributed by atoms with Gasteiger partial charge in [0.1, 0.15) is 11.6 Å². The van der Waals surface area contributed by atoms with Gasteiger partial charge in [-0.05, 0) is 30.7 Å². The molecule has 0 bridgehead atoms. The summed E-state index contributed by atoms with van der Waals surface area (Å²) in [5.41, 5.74) is 11.6. The fourth-order valence-corrected chi connectivity index (χ4v) is 3.32. The molecular weight excluding hydrogens is 382 g/mol. The van der Waals surface area contributed by atoms with Gasteiger partial charge < -0.3 is 20.4 Å². The van der Waals surface area contributed by atoms with Crippen molar-refractivity contribution in [2.24, 2.45) is 7.05 Å². The molecule has 0 saturated carbocycles. The van der Waals surface area contributed by atoms with Gasteiger partial charge in [-0.15, -0.1) is 0 Å². The van der Waals surface area contributed by atoms with E-state index in [0.29, 0.717) is 24.7 Å². The van der Waals surface area contributed by atoms with Crippen molar-refractivity contribution in [2.45, 2.75) is 6.42 Å². The van der Waals surface area contributed by atoms with Gasteiger partial charge in [-0.1, -0.05) is 0 Å². The fourth-order valence-electron chi connectivity index (χ4n) is 3.32. The number of H-pyrrole nitrogens is 1. The molecule has 0 aliphatic carbocycles. The van der Waals surface area contributed by atoms with E-state index in [1.807, 2.05) is 44.6 Å². The van der Waals surface area contributed by atoms with E-state index < -0.39 is 0 Å². The van der Waals surface area contributed by atoms with Gasteiger partial charge in [0.2, 0.25) is 0 Å². The molecular formula is C21H23N7O2. The number of nitrogens with one attached hydrogen (secondary N) is 1. The molecule has 0 aliphatic rings. The van der Waals surface area contributed by atoms with Crippen LogP contribution in [0.15, 0.2) is 42.9 Å². The predicted octanol–water partition coefficient (Wildman–Crippen LogP) is 2.61. The number of nitrogens with two attached hydrogens (primary N) is 1. The summed E-state index contributed by atoms with van der Waals surface area (Å²) in [4.78, 5) is 24.7. The van der Waals surface area contributed by atoms with Gasteiger partial charge in [-0.2, -0.15) is 5.10 Å². The van der Waals surface area contributed by atoms with E-state index in [1.165, 1.54) is 0 Å². The standard InChI is InChI=1S/C21H23N7O2/c1-27(6-3-7-30-13-29)16-4-5-18-19(9-16)26-21(25-18)17-8-14(10-23-20(17)22)15-11-24-28(2)12-15/h4-5,8-13H,3,6-7H2,1-2H3,(H2,22,23)(H,25,26). The number of carbonyl (C=O) groups excluding carboxylic acids is 1. The van der Waals surface area contributed by atoms with Crippen LogP contribution in [-0.2, 0) is 16.6 Å². The van der Waals surface area contributed by atoms with Crippen LogP contribution in [0.3, 0.4) is 0 Å².